The van der Waals surface area contributed by atoms with Gasteiger partial charge in [0, 0.05) is 26.2 Å². The first-order valence-electron chi connectivity index (χ1n) is 9.03. The fourth-order valence-corrected chi connectivity index (χ4v) is 3.12. The summed E-state index contributed by atoms with van der Waals surface area (Å²) in [5.41, 5.74) is 2.67. The molecule has 0 spiro atoms. The summed E-state index contributed by atoms with van der Waals surface area (Å²) < 4.78 is 0. The quantitative estimate of drug-likeness (QED) is 0.400. The summed E-state index contributed by atoms with van der Waals surface area (Å²) in [4.78, 5) is 7.19. The van der Waals surface area contributed by atoms with Gasteiger partial charge in [-0.25, -0.2) is 4.99 Å². The Morgan fingerprint density at radius 1 is 1.12 bits per heavy atom. The third-order valence-electron chi connectivity index (χ3n) is 4.28. The molecule has 136 valence electrons. The third kappa shape index (κ3) is 7.38. The molecule has 0 amide bonds. The lowest BCUT2D eigenvalue weighted by Gasteiger charge is -2.30. The molecule has 1 fully saturated rings. The molecule has 2 rings (SSSR count). The number of hydrogen-bond acceptors (Lipinski definition) is 2. The first kappa shape index (κ1) is 21.2. The van der Waals surface area contributed by atoms with Crippen LogP contribution in [0.1, 0.15) is 44.7 Å². The summed E-state index contributed by atoms with van der Waals surface area (Å²) in [5.74, 6) is 1.73. The van der Waals surface area contributed by atoms with Crippen molar-refractivity contribution in [3.63, 3.8) is 0 Å². The Balaban J connectivity index is 0.00000288. The maximum Gasteiger partial charge on any atom is 0.191 e. The van der Waals surface area contributed by atoms with Crippen LogP contribution in [-0.4, -0.2) is 37.0 Å². The summed E-state index contributed by atoms with van der Waals surface area (Å²) >= 11 is 0. The topological polar surface area (TPSA) is 39.7 Å². The Labute approximate surface area is 164 Å². The van der Waals surface area contributed by atoms with E-state index in [0.29, 0.717) is 0 Å². The second kappa shape index (κ2) is 11.7. The Kier molecular flexibility index (Phi) is 10.3. The molecule has 1 aliphatic heterocycles. The highest BCUT2D eigenvalue weighted by Gasteiger charge is 2.15. The molecule has 1 unspecified atom stereocenters. The molecule has 0 aromatic heterocycles. The average molecular weight is 444 g/mol. The monoisotopic (exact) mass is 444 g/mol. The van der Waals surface area contributed by atoms with Crippen molar-refractivity contribution in [1.82, 2.24) is 15.5 Å². The molecule has 1 aromatic rings. The van der Waals surface area contributed by atoms with Crippen LogP contribution in [0.5, 0.6) is 0 Å². The molecular formula is C19H33IN4. The normalized spacial score (nSPS) is 17.7. The van der Waals surface area contributed by atoms with Crippen LogP contribution in [0.3, 0.4) is 0 Å². The molecule has 1 aromatic carbocycles. The van der Waals surface area contributed by atoms with Crippen LogP contribution >= 0.6 is 24.0 Å². The van der Waals surface area contributed by atoms with Gasteiger partial charge in [-0.05, 0) is 50.3 Å². The van der Waals surface area contributed by atoms with Gasteiger partial charge in [-0.2, -0.15) is 0 Å². The zero-order valence-electron chi connectivity index (χ0n) is 15.3. The first-order chi connectivity index (χ1) is 11.2. The molecule has 1 aliphatic rings. The van der Waals surface area contributed by atoms with Gasteiger partial charge in [0.15, 0.2) is 5.96 Å². The Hall–Kier alpha value is -0.820. The number of benzene rings is 1. The first-order valence-corrected chi connectivity index (χ1v) is 9.03. The maximum atomic E-state index is 4.61. The molecule has 1 saturated heterocycles. The van der Waals surface area contributed by atoms with E-state index in [1.165, 1.54) is 37.1 Å². The summed E-state index contributed by atoms with van der Waals surface area (Å²) in [6.07, 6.45) is 2.72. The van der Waals surface area contributed by atoms with Gasteiger partial charge in [0.1, 0.15) is 0 Å². The summed E-state index contributed by atoms with van der Waals surface area (Å²) in [7, 11) is 0. The third-order valence-corrected chi connectivity index (χ3v) is 4.28. The van der Waals surface area contributed by atoms with Crippen LogP contribution in [0.2, 0.25) is 0 Å². The van der Waals surface area contributed by atoms with E-state index < -0.39 is 0 Å². The fourth-order valence-electron chi connectivity index (χ4n) is 3.12. The van der Waals surface area contributed by atoms with Crippen LogP contribution in [-0.2, 0) is 13.1 Å². The highest BCUT2D eigenvalue weighted by atomic mass is 127. The molecule has 0 aliphatic carbocycles. The number of rotatable bonds is 6. The minimum absolute atomic E-state index is 0. The van der Waals surface area contributed by atoms with E-state index in [1.54, 1.807) is 0 Å². The smallest absolute Gasteiger partial charge is 0.191 e. The number of aliphatic imine (C=N–C) groups is 1. The maximum absolute atomic E-state index is 4.61. The van der Waals surface area contributed by atoms with Crippen LogP contribution in [0.25, 0.3) is 0 Å². The molecule has 0 saturated carbocycles. The number of nitrogens with zero attached hydrogens (tertiary/aromatic N) is 2. The molecule has 1 heterocycles. The highest BCUT2D eigenvalue weighted by molar-refractivity contribution is 14.0. The molecule has 0 radical (unpaired) electrons. The number of likely N-dealkylation sites (tertiary alicyclic amines) is 1. The van der Waals surface area contributed by atoms with E-state index in [-0.39, 0.29) is 24.0 Å². The van der Waals surface area contributed by atoms with Gasteiger partial charge in [-0.1, -0.05) is 31.2 Å². The highest BCUT2D eigenvalue weighted by Crippen LogP contribution is 2.18. The van der Waals surface area contributed by atoms with Crippen molar-refractivity contribution < 1.29 is 0 Å². The zero-order chi connectivity index (χ0) is 16.5. The lowest BCUT2D eigenvalue weighted by atomic mass is 9.99. The minimum Gasteiger partial charge on any atom is -0.357 e. The van der Waals surface area contributed by atoms with Gasteiger partial charge in [0.2, 0.25) is 0 Å². The van der Waals surface area contributed by atoms with Crippen LogP contribution < -0.4 is 10.6 Å². The summed E-state index contributed by atoms with van der Waals surface area (Å²) in [6, 6.07) is 8.93. The minimum atomic E-state index is 0. The molecular weight excluding hydrogens is 411 g/mol. The Morgan fingerprint density at radius 3 is 2.33 bits per heavy atom. The van der Waals surface area contributed by atoms with E-state index >= 15 is 0 Å². The zero-order valence-corrected chi connectivity index (χ0v) is 17.7. The lowest BCUT2D eigenvalue weighted by molar-refractivity contribution is 0.176. The van der Waals surface area contributed by atoms with E-state index in [0.717, 1.165) is 38.1 Å². The van der Waals surface area contributed by atoms with Crippen molar-refractivity contribution in [3.8, 4) is 0 Å². The van der Waals surface area contributed by atoms with Gasteiger partial charge in [-0.15, -0.1) is 24.0 Å². The van der Waals surface area contributed by atoms with Gasteiger partial charge >= 0.3 is 0 Å². The van der Waals surface area contributed by atoms with Crippen LogP contribution in [0, 0.1) is 5.92 Å². The van der Waals surface area contributed by atoms with Crippen molar-refractivity contribution in [2.45, 2.75) is 46.7 Å². The average Bonchev–Trinajstić information content (AvgIpc) is 2.54. The van der Waals surface area contributed by atoms with Gasteiger partial charge in [0.05, 0.1) is 6.54 Å². The lowest BCUT2D eigenvalue weighted by Crippen LogP contribution is -2.36. The largest absolute Gasteiger partial charge is 0.357 e. The van der Waals surface area contributed by atoms with Gasteiger partial charge in [0.25, 0.3) is 0 Å². The standard InChI is InChI=1S/C19H32N4.HI/c1-4-20-19(21-5-2)22-13-17-8-10-18(11-9-17)15-23-12-6-7-16(3)14-23;/h8-11,16H,4-7,12-15H2,1-3H3,(H2,20,21,22);1H. The van der Waals surface area contributed by atoms with Crippen molar-refractivity contribution in [1.29, 1.82) is 0 Å². The molecule has 2 N–H and O–H groups in total. The number of nitrogens with one attached hydrogen (secondary N) is 2. The van der Waals surface area contributed by atoms with Gasteiger partial charge < -0.3 is 10.6 Å². The van der Waals surface area contributed by atoms with Crippen molar-refractivity contribution >= 4 is 29.9 Å². The number of piperidine rings is 1. The second-order valence-electron chi connectivity index (χ2n) is 6.52. The molecule has 4 nitrogen and oxygen atoms in total. The Bertz CT molecular complexity index is 479. The summed E-state index contributed by atoms with van der Waals surface area (Å²) in [5, 5.41) is 6.51. The fraction of sp³-hybridized carbons (Fsp3) is 0.632. The van der Waals surface area contributed by atoms with Crippen LogP contribution in [0.4, 0.5) is 0 Å². The van der Waals surface area contributed by atoms with E-state index in [1.807, 2.05) is 0 Å². The SMILES string of the molecule is CCNC(=NCc1ccc(CN2CCCC(C)C2)cc1)NCC.I. The van der Waals surface area contributed by atoms with E-state index in [9.17, 15) is 0 Å². The Morgan fingerprint density at radius 2 is 1.75 bits per heavy atom. The van der Waals surface area contributed by atoms with Crippen molar-refractivity contribution in [3.05, 3.63) is 35.4 Å². The number of guanidine groups is 1. The molecule has 5 heteroatoms. The predicted molar refractivity (Wildman–Crippen MR) is 114 cm³/mol. The molecule has 0 bridgehead atoms. The van der Waals surface area contributed by atoms with Crippen molar-refractivity contribution in [2.75, 3.05) is 26.2 Å². The molecule has 24 heavy (non-hydrogen) atoms. The van der Waals surface area contributed by atoms with Crippen molar-refractivity contribution in [2.24, 2.45) is 10.9 Å². The summed E-state index contributed by atoms with van der Waals surface area (Å²) in [6.45, 7) is 12.6. The predicted octanol–water partition coefficient (Wildman–Crippen LogP) is 3.61. The van der Waals surface area contributed by atoms with E-state index in [2.05, 4.69) is 65.6 Å². The number of halogens is 1. The number of hydrogen-bond donors (Lipinski definition) is 2. The second-order valence-corrected chi connectivity index (χ2v) is 6.52. The van der Waals surface area contributed by atoms with Gasteiger partial charge in [-0.3, -0.25) is 4.90 Å². The van der Waals surface area contributed by atoms with Crippen LogP contribution in [0.15, 0.2) is 29.3 Å². The molecule has 1 atom stereocenters. The van der Waals surface area contributed by atoms with E-state index in [4.69, 9.17) is 0 Å².